The van der Waals surface area contributed by atoms with Crippen LogP contribution in [-0.2, 0) is 16.2 Å². The number of carbonyl (C=O) groups excluding carboxylic acids is 1. The van der Waals surface area contributed by atoms with E-state index in [1.54, 1.807) is 0 Å². The van der Waals surface area contributed by atoms with Crippen LogP contribution in [0.5, 0.6) is 0 Å². The van der Waals surface area contributed by atoms with E-state index >= 15 is 0 Å². The van der Waals surface area contributed by atoms with E-state index < -0.39 is 0 Å². The van der Waals surface area contributed by atoms with Crippen molar-refractivity contribution in [2.45, 2.75) is 32.3 Å². The molecule has 1 aromatic carbocycles. The average Bonchev–Trinajstić information content (AvgIpc) is 2.25. The minimum atomic E-state index is 0.000584. The first-order valence-electron chi connectivity index (χ1n) is 5.79. The maximum absolute atomic E-state index is 11.4. The standard InChI is InChI=1S/C13H17NO2/c15-13(9-11-7-4-8-11)14-16-10-12-5-2-1-3-6-12/h1-3,5-6,11H,4,7-10H2,(H,14,15). The molecule has 0 aliphatic heterocycles. The number of carbonyl (C=O) groups is 1. The third kappa shape index (κ3) is 3.35. The Morgan fingerprint density at radius 1 is 1.31 bits per heavy atom. The highest BCUT2D eigenvalue weighted by Crippen LogP contribution is 2.28. The summed E-state index contributed by atoms with van der Waals surface area (Å²) >= 11 is 0. The highest BCUT2D eigenvalue weighted by molar-refractivity contribution is 5.75. The molecule has 0 atom stereocenters. The Bertz CT molecular complexity index is 333. The summed E-state index contributed by atoms with van der Waals surface area (Å²) in [4.78, 5) is 16.6. The average molecular weight is 219 g/mol. The first kappa shape index (κ1) is 11.1. The van der Waals surface area contributed by atoms with Crippen LogP contribution in [0.3, 0.4) is 0 Å². The summed E-state index contributed by atoms with van der Waals surface area (Å²) < 4.78 is 0. The van der Waals surface area contributed by atoms with Gasteiger partial charge in [-0.1, -0.05) is 36.8 Å². The maximum Gasteiger partial charge on any atom is 0.243 e. The third-order valence-electron chi connectivity index (χ3n) is 2.97. The molecule has 0 heterocycles. The maximum atomic E-state index is 11.4. The lowest BCUT2D eigenvalue weighted by Gasteiger charge is -2.24. The molecule has 1 aliphatic rings. The second-order valence-electron chi connectivity index (χ2n) is 4.30. The lowest BCUT2D eigenvalue weighted by molar-refractivity contribution is -0.136. The summed E-state index contributed by atoms with van der Waals surface area (Å²) in [6.07, 6.45) is 4.25. The van der Waals surface area contributed by atoms with Crippen LogP contribution in [0.4, 0.5) is 0 Å². The van der Waals surface area contributed by atoms with Gasteiger partial charge < -0.3 is 0 Å². The molecule has 1 fully saturated rings. The van der Waals surface area contributed by atoms with E-state index in [1.165, 1.54) is 19.3 Å². The quantitative estimate of drug-likeness (QED) is 0.772. The highest BCUT2D eigenvalue weighted by Gasteiger charge is 2.20. The molecule has 86 valence electrons. The molecule has 3 nitrogen and oxygen atoms in total. The smallest absolute Gasteiger partial charge is 0.243 e. The molecular weight excluding hydrogens is 202 g/mol. The summed E-state index contributed by atoms with van der Waals surface area (Å²) in [5.74, 6) is 0.584. The van der Waals surface area contributed by atoms with Gasteiger partial charge in [0, 0.05) is 6.42 Å². The number of hydrogen-bond acceptors (Lipinski definition) is 2. The predicted molar refractivity (Wildman–Crippen MR) is 61.3 cm³/mol. The summed E-state index contributed by atoms with van der Waals surface area (Å²) in [5.41, 5.74) is 3.55. The van der Waals surface area contributed by atoms with Gasteiger partial charge in [-0.25, -0.2) is 5.48 Å². The van der Waals surface area contributed by atoms with Gasteiger partial charge in [-0.2, -0.15) is 0 Å². The van der Waals surface area contributed by atoms with E-state index in [9.17, 15) is 4.79 Å². The molecule has 0 spiro atoms. The Morgan fingerprint density at radius 2 is 2.06 bits per heavy atom. The second-order valence-corrected chi connectivity index (χ2v) is 4.30. The molecule has 1 saturated carbocycles. The number of nitrogens with one attached hydrogen (secondary N) is 1. The minimum Gasteiger partial charge on any atom is -0.273 e. The van der Waals surface area contributed by atoms with Gasteiger partial charge in [-0.3, -0.25) is 9.63 Å². The van der Waals surface area contributed by atoms with E-state index in [4.69, 9.17) is 4.84 Å². The lowest BCUT2D eigenvalue weighted by Crippen LogP contribution is -2.27. The van der Waals surface area contributed by atoms with Gasteiger partial charge in [0.25, 0.3) is 0 Å². The van der Waals surface area contributed by atoms with Crippen LogP contribution in [0.1, 0.15) is 31.2 Å². The van der Waals surface area contributed by atoms with Gasteiger partial charge in [0.05, 0.1) is 6.61 Å². The second kappa shape index (κ2) is 5.66. The van der Waals surface area contributed by atoms with Crippen molar-refractivity contribution in [3.8, 4) is 0 Å². The topological polar surface area (TPSA) is 38.3 Å². The van der Waals surface area contributed by atoms with Gasteiger partial charge in [0.15, 0.2) is 0 Å². The van der Waals surface area contributed by atoms with E-state index in [0.29, 0.717) is 18.9 Å². The van der Waals surface area contributed by atoms with Crippen molar-refractivity contribution in [2.75, 3.05) is 0 Å². The zero-order valence-electron chi connectivity index (χ0n) is 9.32. The Hall–Kier alpha value is -1.35. The largest absolute Gasteiger partial charge is 0.273 e. The first-order chi connectivity index (χ1) is 7.84. The molecule has 0 unspecified atom stereocenters. The van der Waals surface area contributed by atoms with E-state index in [-0.39, 0.29) is 5.91 Å². The van der Waals surface area contributed by atoms with Crippen molar-refractivity contribution >= 4 is 5.91 Å². The summed E-state index contributed by atoms with van der Waals surface area (Å²) in [6, 6.07) is 9.80. The van der Waals surface area contributed by atoms with Crippen LogP contribution in [0.2, 0.25) is 0 Å². The molecule has 0 aromatic heterocycles. The van der Waals surface area contributed by atoms with Crippen LogP contribution in [0, 0.1) is 5.92 Å². The number of hydroxylamine groups is 1. The highest BCUT2D eigenvalue weighted by atomic mass is 16.6. The zero-order chi connectivity index (χ0) is 11.2. The minimum absolute atomic E-state index is 0.000584. The number of amides is 1. The fourth-order valence-electron chi connectivity index (χ4n) is 1.77. The van der Waals surface area contributed by atoms with E-state index in [0.717, 1.165) is 5.56 Å². The van der Waals surface area contributed by atoms with E-state index in [1.807, 2.05) is 30.3 Å². The van der Waals surface area contributed by atoms with Crippen LogP contribution >= 0.6 is 0 Å². The van der Waals surface area contributed by atoms with Gasteiger partial charge in [0.1, 0.15) is 0 Å². The Morgan fingerprint density at radius 3 is 2.69 bits per heavy atom. The molecule has 0 radical (unpaired) electrons. The molecule has 1 N–H and O–H groups in total. The lowest BCUT2D eigenvalue weighted by atomic mass is 9.83. The van der Waals surface area contributed by atoms with E-state index in [2.05, 4.69) is 5.48 Å². The predicted octanol–water partition coefficient (Wildman–Crippen LogP) is 2.42. The Kier molecular flexibility index (Phi) is 3.94. The van der Waals surface area contributed by atoms with Crippen LogP contribution in [0.15, 0.2) is 30.3 Å². The molecule has 1 amide bonds. The van der Waals surface area contributed by atoms with Crippen LogP contribution in [0.25, 0.3) is 0 Å². The third-order valence-corrected chi connectivity index (χ3v) is 2.97. The summed E-state index contributed by atoms with van der Waals surface area (Å²) in [6.45, 7) is 0.428. The summed E-state index contributed by atoms with van der Waals surface area (Å²) in [7, 11) is 0. The summed E-state index contributed by atoms with van der Waals surface area (Å²) in [5, 5.41) is 0. The SMILES string of the molecule is O=C(CC1CCC1)NOCc1ccccc1. The Balaban J connectivity index is 1.62. The zero-order valence-corrected chi connectivity index (χ0v) is 9.32. The number of rotatable bonds is 5. The van der Waals surface area contributed by atoms with Crippen molar-refractivity contribution < 1.29 is 9.63 Å². The van der Waals surface area contributed by atoms with Gasteiger partial charge in [0.2, 0.25) is 5.91 Å². The van der Waals surface area contributed by atoms with Crippen molar-refractivity contribution in [3.05, 3.63) is 35.9 Å². The first-order valence-corrected chi connectivity index (χ1v) is 5.79. The van der Waals surface area contributed by atoms with Crippen LogP contribution < -0.4 is 5.48 Å². The molecule has 0 bridgehead atoms. The molecular formula is C13H17NO2. The fourth-order valence-corrected chi connectivity index (χ4v) is 1.77. The molecule has 16 heavy (non-hydrogen) atoms. The van der Waals surface area contributed by atoms with Crippen molar-refractivity contribution in [1.29, 1.82) is 0 Å². The molecule has 2 rings (SSSR count). The van der Waals surface area contributed by atoms with Crippen molar-refractivity contribution in [2.24, 2.45) is 5.92 Å². The van der Waals surface area contributed by atoms with Gasteiger partial charge in [-0.15, -0.1) is 0 Å². The molecule has 3 heteroatoms. The van der Waals surface area contributed by atoms with Gasteiger partial charge >= 0.3 is 0 Å². The number of benzene rings is 1. The van der Waals surface area contributed by atoms with Gasteiger partial charge in [-0.05, 0) is 24.3 Å². The van der Waals surface area contributed by atoms with Crippen molar-refractivity contribution in [1.82, 2.24) is 5.48 Å². The molecule has 0 saturated heterocycles. The molecule has 1 aliphatic carbocycles. The molecule has 1 aromatic rings. The fraction of sp³-hybridized carbons (Fsp3) is 0.462. The normalized spacial score (nSPS) is 15.5. The van der Waals surface area contributed by atoms with Crippen LogP contribution in [-0.4, -0.2) is 5.91 Å². The monoisotopic (exact) mass is 219 g/mol. The Labute approximate surface area is 95.8 Å². The van der Waals surface area contributed by atoms with Crippen molar-refractivity contribution in [3.63, 3.8) is 0 Å². The number of hydrogen-bond donors (Lipinski definition) is 1.